The minimum absolute atomic E-state index is 0.0803. The number of halogens is 1. The summed E-state index contributed by atoms with van der Waals surface area (Å²) in [6.07, 6.45) is 5.40. The van der Waals surface area contributed by atoms with Gasteiger partial charge in [-0.15, -0.1) is 5.10 Å². The van der Waals surface area contributed by atoms with Gasteiger partial charge in [0.05, 0.1) is 12.2 Å². The van der Waals surface area contributed by atoms with Gasteiger partial charge in [0.15, 0.2) is 5.82 Å². The maximum Gasteiger partial charge on any atom is 0.341 e. The van der Waals surface area contributed by atoms with Gasteiger partial charge in [-0.25, -0.2) is 14.5 Å². The molecule has 0 aliphatic heterocycles. The van der Waals surface area contributed by atoms with Crippen LogP contribution < -0.4 is 4.74 Å². The molecule has 0 atom stereocenters. The summed E-state index contributed by atoms with van der Waals surface area (Å²) in [7, 11) is 0. The Bertz CT molecular complexity index is 807. The molecule has 0 unspecified atom stereocenters. The van der Waals surface area contributed by atoms with E-state index in [1.165, 1.54) is 19.3 Å². The summed E-state index contributed by atoms with van der Waals surface area (Å²) in [5.41, 5.74) is -0.1000. The normalized spacial score (nSPS) is 16.0. The van der Waals surface area contributed by atoms with Crippen LogP contribution >= 0.6 is 11.6 Å². The molecule has 7 heteroatoms. The van der Waals surface area contributed by atoms with Crippen molar-refractivity contribution in [2.75, 3.05) is 6.61 Å². The van der Waals surface area contributed by atoms with Gasteiger partial charge in [0, 0.05) is 17.7 Å². The van der Waals surface area contributed by atoms with Crippen molar-refractivity contribution in [2.45, 2.75) is 52.6 Å². The molecule has 1 aliphatic rings. The number of carbonyl (C=O) groups is 1. The summed E-state index contributed by atoms with van der Waals surface area (Å²) in [6, 6.07) is 5.06. The number of hydrogen-bond donors (Lipinski definition) is 0. The molecule has 1 saturated carbocycles. The van der Waals surface area contributed by atoms with Gasteiger partial charge in [0.25, 0.3) is 0 Å². The highest BCUT2D eigenvalue weighted by molar-refractivity contribution is 6.32. The number of pyridine rings is 1. The van der Waals surface area contributed by atoms with E-state index in [2.05, 4.69) is 17.0 Å². The van der Waals surface area contributed by atoms with Crippen LogP contribution in [0.15, 0.2) is 24.4 Å². The van der Waals surface area contributed by atoms with Crippen LogP contribution in [0.4, 0.5) is 0 Å². The number of aromatic nitrogens is 3. The van der Waals surface area contributed by atoms with Crippen LogP contribution in [-0.2, 0) is 4.74 Å². The quantitative estimate of drug-likeness (QED) is 0.569. The second kappa shape index (κ2) is 6.91. The third kappa shape index (κ3) is 4.36. The van der Waals surface area contributed by atoms with Gasteiger partial charge in [0.1, 0.15) is 10.8 Å². The highest BCUT2D eigenvalue weighted by atomic mass is 35.5. The fourth-order valence-electron chi connectivity index (χ4n) is 2.72. The Labute approximate surface area is 158 Å². The van der Waals surface area contributed by atoms with Crippen LogP contribution in [0.5, 0.6) is 5.88 Å². The standard InChI is InChI=1S/C19H24ClN3O3/c1-18(2,3)26-17(24)13-6-7-14(21-16(13)20)23-11-8-15(22-23)25-12-19(4)9-5-10-19/h6-8,11H,5,9-10,12H2,1-4H3. The molecule has 140 valence electrons. The lowest BCUT2D eigenvalue weighted by molar-refractivity contribution is 0.00693. The first-order chi connectivity index (χ1) is 12.2. The van der Waals surface area contributed by atoms with Crippen molar-refractivity contribution < 1.29 is 14.3 Å². The largest absolute Gasteiger partial charge is 0.476 e. The summed E-state index contributed by atoms with van der Waals surface area (Å²) in [5, 5.41) is 4.45. The fourth-order valence-corrected chi connectivity index (χ4v) is 2.95. The number of esters is 1. The Hall–Kier alpha value is -2.08. The molecule has 1 aliphatic carbocycles. The van der Waals surface area contributed by atoms with Gasteiger partial charge in [0.2, 0.25) is 5.88 Å². The Balaban J connectivity index is 1.70. The highest BCUT2D eigenvalue weighted by Gasteiger charge is 2.32. The Kier molecular flexibility index (Phi) is 4.97. The molecular formula is C19H24ClN3O3. The zero-order valence-corrected chi connectivity index (χ0v) is 16.3. The Morgan fingerprint density at radius 1 is 1.31 bits per heavy atom. The molecule has 0 spiro atoms. The van der Waals surface area contributed by atoms with E-state index >= 15 is 0 Å². The van der Waals surface area contributed by atoms with E-state index in [1.807, 2.05) is 0 Å². The molecule has 26 heavy (non-hydrogen) atoms. The van der Waals surface area contributed by atoms with E-state index in [0.29, 0.717) is 18.3 Å². The lowest BCUT2D eigenvalue weighted by atomic mass is 9.71. The van der Waals surface area contributed by atoms with Crippen LogP contribution in [0.25, 0.3) is 5.82 Å². The monoisotopic (exact) mass is 377 g/mol. The summed E-state index contributed by atoms with van der Waals surface area (Å²) < 4.78 is 12.7. The second-order valence-electron chi connectivity index (χ2n) is 8.06. The number of hydrogen-bond acceptors (Lipinski definition) is 5. The van der Waals surface area contributed by atoms with Crippen LogP contribution in [-0.4, -0.2) is 32.9 Å². The van der Waals surface area contributed by atoms with E-state index < -0.39 is 11.6 Å². The maximum absolute atomic E-state index is 12.2. The number of carbonyl (C=O) groups excluding carboxylic acids is 1. The van der Waals surface area contributed by atoms with Gasteiger partial charge < -0.3 is 9.47 Å². The molecule has 2 heterocycles. The molecule has 0 amide bonds. The zero-order valence-electron chi connectivity index (χ0n) is 15.6. The van der Waals surface area contributed by atoms with E-state index in [0.717, 1.165) is 0 Å². The minimum atomic E-state index is -0.593. The molecule has 0 saturated heterocycles. The minimum Gasteiger partial charge on any atom is -0.476 e. The summed E-state index contributed by atoms with van der Waals surface area (Å²) in [6.45, 7) is 8.29. The van der Waals surface area contributed by atoms with Crippen molar-refractivity contribution in [3.05, 3.63) is 35.1 Å². The predicted octanol–water partition coefficient (Wildman–Crippen LogP) is 4.45. The van der Waals surface area contributed by atoms with Crippen molar-refractivity contribution in [3.8, 4) is 11.7 Å². The molecule has 1 fully saturated rings. The third-order valence-electron chi connectivity index (χ3n) is 4.38. The van der Waals surface area contributed by atoms with Crippen molar-refractivity contribution in [1.82, 2.24) is 14.8 Å². The molecule has 2 aromatic rings. The molecule has 2 aromatic heterocycles. The molecule has 0 radical (unpaired) electrons. The Morgan fingerprint density at radius 3 is 2.62 bits per heavy atom. The van der Waals surface area contributed by atoms with E-state index in [9.17, 15) is 4.79 Å². The topological polar surface area (TPSA) is 66.2 Å². The average molecular weight is 378 g/mol. The molecule has 0 bridgehead atoms. The first kappa shape index (κ1) is 18.7. The van der Waals surface area contributed by atoms with Crippen LogP contribution in [0, 0.1) is 5.41 Å². The molecule has 0 aromatic carbocycles. The van der Waals surface area contributed by atoms with Crippen LogP contribution in [0.3, 0.4) is 0 Å². The van der Waals surface area contributed by atoms with Crippen molar-refractivity contribution >= 4 is 17.6 Å². The maximum atomic E-state index is 12.2. The smallest absolute Gasteiger partial charge is 0.341 e. The molecule has 6 nitrogen and oxygen atoms in total. The SMILES string of the molecule is CC1(COc2ccn(-c3ccc(C(=O)OC(C)(C)C)c(Cl)n3)n2)CCC1. The molecule has 3 rings (SSSR count). The van der Waals surface area contributed by atoms with Gasteiger partial charge in [-0.3, -0.25) is 0 Å². The summed E-state index contributed by atoms with van der Waals surface area (Å²) >= 11 is 6.17. The van der Waals surface area contributed by atoms with Crippen molar-refractivity contribution in [1.29, 1.82) is 0 Å². The summed E-state index contributed by atoms with van der Waals surface area (Å²) in [5.74, 6) is 0.555. The first-order valence-electron chi connectivity index (χ1n) is 8.74. The number of nitrogens with zero attached hydrogens (tertiary/aromatic N) is 3. The third-order valence-corrected chi connectivity index (χ3v) is 4.67. The van der Waals surface area contributed by atoms with E-state index in [-0.39, 0.29) is 16.1 Å². The van der Waals surface area contributed by atoms with Crippen LogP contribution in [0.2, 0.25) is 5.15 Å². The second-order valence-corrected chi connectivity index (χ2v) is 8.42. The number of rotatable bonds is 5. The Morgan fingerprint density at radius 2 is 2.04 bits per heavy atom. The van der Waals surface area contributed by atoms with E-state index in [1.54, 1.807) is 49.8 Å². The van der Waals surface area contributed by atoms with Gasteiger partial charge >= 0.3 is 5.97 Å². The summed E-state index contributed by atoms with van der Waals surface area (Å²) in [4.78, 5) is 16.4. The van der Waals surface area contributed by atoms with Gasteiger partial charge in [-0.1, -0.05) is 24.9 Å². The highest BCUT2D eigenvalue weighted by Crippen LogP contribution is 2.40. The first-order valence-corrected chi connectivity index (χ1v) is 9.12. The lowest BCUT2D eigenvalue weighted by Gasteiger charge is -2.37. The lowest BCUT2D eigenvalue weighted by Crippen LogP contribution is -2.32. The fraction of sp³-hybridized carbons (Fsp3) is 0.526. The van der Waals surface area contributed by atoms with Gasteiger partial charge in [-0.05, 0) is 45.7 Å². The van der Waals surface area contributed by atoms with Crippen molar-refractivity contribution in [2.24, 2.45) is 5.41 Å². The van der Waals surface area contributed by atoms with Crippen LogP contribution in [0.1, 0.15) is 57.3 Å². The predicted molar refractivity (Wildman–Crippen MR) is 99.0 cm³/mol. The zero-order chi connectivity index (χ0) is 18.9. The van der Waals surface area contributed by atoms with E-state index in [4.69, 9.17) is 21.1 Å². The van der Waals surface area contributed by atoms with Gasteiger partial charge in [-0.2, -0.15) is 0 Å². The molecule has 0 N–H and O–H groups in total. The molecular weight excluding hydrogens is 354 g/mol. The average Bonchev–Trinajstić information content (AvgIpc) is 2.98. The van der Waals surface area contributed by atoms with Crippen molar-refractivity contribution in [3.63, 3.8) is 0 Å². The number of ether oxygens (including phenoxy) is 2.